The molecule has 0 saturated heterocycles. The van der Waals surface area contributed by atoms with Crippen molar-refractivity contribution in [3.63, 3.8) is 0 Å². The number of ether oxygens (including phenoxy) is 3. The van der Waals surface area contributed by atoms with Gasteiger partial charge in [0.15, 0.2) is 6.10 Å². The molecule has 0 radical (unpaired) electrons. The number of hydrogen-bond acceptors (Lipinski definition) is 4. The highest BCUT2D eigenvalue weighted by atomic mass is 19.4. The van der Waals surface area contributed by atoms with Gasteiger partial charge in [0.25, 0.3) is 0 Å². The van der Waals surface area contributed by atoms with Crippen LogP contribution in [0.3, 0.4) is 0 Å². The maximum atomic E-state index is 12.3. The lowest BCUT2D eigenvalue weighted by Crippen LogP contribution is -2.34. The first-order chi connectivity index (χ1) is 7.52. The van der Waals surface area contributed by atoms with Crippen LogP contribution in [0.1, 0.15) is 6.42 Å². The molecule has 0 heterocycles. The van der Waals surface area contributed by atoms with E-state index < -0.39 is 12.3 Å². The quantitative estimate of drug-likeness (QED) is 0.614. The monoisotopic (exact) mass is 245 g/mol. The van der Waals surface area contributed by atoms with E-state index in [1.807, 2.05) is 0 Å². The molecule has 0 aliphatic carbocycles. The molecule has 0 aliphatic rings. The average Bonchev–Trinajstić information content (AvgIpc) is 2.20. The maximum Gasteiger partial charge on any atom is 0.414 e. The highest BCUT2D eigenvalue weighted by Crippen LogP contribution is 2.24. The standard InChI is InChI=1S/C9H18F3NO3/c1-14-4-5-15-6-7-16-8(2-3-13)9(10,11)12/h8H,2-7,13H2,1H3. The van der Waals surface area contributed by atoms with Crippen molar-refractivity contribution >= 4 is 0 Å². The number of alkyl halides is 3. The van der Waals surface area contributed by atoms with Gasteiger partial charge in [-0.15, -0.1) is 0 Å². The molecule has 0 aromatic carbocycles. The van der Waals surface area contributed by atoms with Crippen LogP contribution in [-0.2, 0) is 14.2 Å². The van der Waals surface area contributed by atoms with Gasteiger partial charge in [0, 0.05) is 7.11 Å². The van der Waals surface area contributed by atoms with Gasteiger partial charge in [-0.2, -0.15) is 13.2 Å². The van der Waals surface area contributed by atoms with E-state index in [0.717, 1.165) is 0 Å². The largest absolute Gasteiger partial charge is 0.414 e. The Morgan fingerprint density at radius 3 is 2.25 bits per heavy atom. The Bertz CT molecular complexity index is 167. The fourth-order valence-corrected chi connectivity index (χ4v) is 0.986. The summed E-state index contributed by atoms with van der Waals surface area (Å²) in [5.74, 6) is 0. The summed E-state index contributed by atoms with van der Waals surface area (Å²) in [6.07, 6.45) is -6.41. The smallest absolute Gasteiger partial charge is 0.382 e. The van der Waals surface area contributed by atoms with Crippen molar-refractivity contribution in [3.8, 4) is 0 Å². The summed E-state index contributed by atoms with van der Waals surface area (Å²) in [5.41, 5.74) is 5.07. The molecule has 0 bridgehead atoms. The first-order valence-electron chi connectivity index (χ1n) is 4.97. The number of rotatable bonds is 9. The Morgan fingerprint density at radius 2 is 1.75 bits per heavy atom. The Morgan fingerprint density at radius 1 is 1.12 bits per heavy atom. The first kappa shape index (κ1) is 15.6. The molecular weight excluding hydrogens is 227 g/mol. The predicted molar refractivity (Wildman–Crippen MR) is 52.2 cm³/mol. The predicted octanol–water partition coefficient (Wildman–Crippen LogP) is 0.946. The molecule has 0 spiro atoms. The van der Waals surface area contributed by atoms with E-state index in [4.69, 9.17) is 15.2 Å². The van der Waals surface area contributed by atoms with E-state index in [9.17, 15) is 13.2 Å². The van der Waals surface area contributed by atoms with Crippen LogP contribution in [0, 0.1) is 0 Å². The van der Waals surface area contributed by atoms with E-state index in [2.05, 4.69) is 4.74 Å². The number of nitrogens with two attached hydrogens (primary N) is 1. The Labute approximate surface area is 92.8 Å². The van der Waals surface area contributed by atoms with Crippen LogP contribution in [0.25, 0.3) is 0 Å². The lowest BCUT2D eigenvalue weighted by atomic mass is 10.2. The van der Waals surface area contributed by atoms with Gasteiger partial charge >= 0.3 is 6.18 Å². The molecule has 0 saturated carbocycles. The maximum absolute atomic E-state index is 12.3. The van der Waals surface area contributed by atoms with Crippen molar-refractivity contribution in [2.45, 2.75) is 18.7 Å². The van der Waals surface area contributed by atoms with E-state index in [1.54, 1.807) is 0 Å². The topological polar surface area (TPSA) is 53.7 Å². The van der Waals surface area contributed by atoms with Crippen molar-refractivity contribution in [1.29, 1.82) is 0 Å². The summed E-state index contributed by atoms with van der Waals surface area (Å²) in [6.45, 7) is 0.696. The number of halogens is 3. The van der Waals surface area contributed by atoms with Gasteiger partial charge in [0.1, 0.15) is 0 Å². The SMILES string of the molecule is COCCOCCOC(CCN)C(F)(F)F. The molecular formula is C9H18F3NO3. The zero-order chi connectivity index (χ0) is 12.4. The molecule has 0 amide bonds. The fourth-order valence-electron chi connectivity index (χ4n) is 0.986. The Hall–Kier alpha value is -0.370. The van der Waals surface area contributed by atoms with E-state index in [0.29, 0.717) is 13.2 Å². The van der Waals surface area contributed by atoms with Gasteiger partial charge in [-0.25, -0.2) is 0 Å². The van der Waals surface area contributed by atoms with Crippen molar-refractivity contribution in [1.82, 2.24) is 0 Å². The summed E-state index contributed by atoms with van der Waals surface area (Å²) in [4.78, 5) is 0. The molecule has 1 unspecified atom stereocenters. The van der Waals surface area contributed by atoms with Crippen LogP contribution >= 0.6 is 0 Å². The third-order valence-corrected chi connectivity index (χ3v) is 1.77. The summed E-state index contributed by atoms with van der Waals surface area (Å²) < 4.78 is 51.2. The lowest BCUT2D eigenvalue weighted by molar-refractivity contribution is -0.224. The van der Waals surface area contributed by atoms with Gasteiger partial charge in [-0.3, -0.25) is 0 Å². The van der Waals surface area contributed by atoms with Gasteiger partial charge in [0.2, 0.25) is 0 Å². The second kappa shape index (κ2) is 8.74. The van der Waals surface area contributed by atoms with Crippen LogP contribution in [0.2, 0.25) is 0 Å². The Balaban J connectivity index is 3.61. The minimum absolute atomic E-state index is 0.0608. The third kappa shape index (κ3) is 7.86. The molecule has 0 rings (SSSR count). The molecule has 0 fully saturated rings. The third-order valence-electron chi connectivity index (χ3n) is 1.77. The van der Waals surface area contributed by atoms with E-state index >= 15 is 0 Å². The highest BCUT2D eigenvalue weighted by Gasteiger charge is 2.39. The molecule has 0 aromatic heterocycles. The summed E-state index contributed by atoms with van der Waals surface area (Å²) >= 11 is 0. The summed E-state index contributed by atoms with van der Waals surface area (Å²) in [5, 5.41) is 0. The van der Waals surface area contributed by atoms with Crippen molar-refractivity contribution in [3.05, 3.63) is 0 Å². The molecule has 0 aliphatic heterocycles. The van der Waals surface area contributed by atoms with Gasteiger partial charge in [-0.1, -0.05) is 0 Å². The zero-order valence-corrected chi connectivity index (χ0v) is 9.26. The molecule has 7 heteroatoms. The van der Waals surface area contributed by atoms with Crippen molar-refractivity contribution in [2.24, 2.45) is 5.73 Å². The normalized spacial score (nSPS) is 14.1. The fraction of sp³-hybridized carbons (Fsp3) is 1.00. The van der Waals surface area contributed by atoms with Gasteiger partial charge in [-0.05, 0) is 13.0 Å². The number of hydrogen-bond donors (Lipinski definition) is 1. The molecule has 2 N–H and O–H groups in total. The van der Waals surface area contributed by atoms with Crippen LogP contribution < -0.4 is 5.73 Å². The van der Waals surface area contributed by atoms with Crippen molar-refractivity contribution < 1.29 is 27.4 Å². The van der Waals surface area contributed by atoms with Crippen LogP contribution in [-0.4, -0.2) is 52.4 Å². The van der Waals surface area contributed by atoms with Crippen molar-refractivity contribution in [2.75, 3.05) is 40.1 Å². The molecule has 16 heavy (non-hydrogen) atoms. The molecule has 4 nitrogen and oxygen atoms in total. The van der Waals surface area contributed by atoms with Crippen LogP contribution in [0.5, 0.6) is 0 Å². The number of methoxy groups -OCH3 is 1. The minimum Gasteiger partial charge on any atom is -0.382 e. The van der Waals surface area contributed by atoms with Crippen LogP contribution in [0.15, 0.2) is 0 Å². The van der Waals surface area contributed by atoms with E-state index in [-0.39, 0.29) is 26.2 Å². The average molecular weight is 245 g/mol. The first-order valence-corrected chi connectivity index (χ1v) is 4.97. The van der Waals surface area contributed by atoms with E-state index in [1.165, 1.54) is 7.11 Å². The highest BCUT2D eigenvalue weighted by molar-refractivity contribution is 4.67. The van der Waals surface area contributed by atoms with Crippen LogP contribution in [0.4, 0.5) is 13.2 Å². The van der Waals surface area contributed by atoms with Gasteiger partial charge in [0.05, 0.1) is 26.4 Å². The van der Waals surface area contributed by atoms with Gasteiger partial charge < -0.3 is 19.9 Å². The molecule has 98 valence electrons. The second-order valence-corrected chi connectivity index (χ2v) is 3.08. The summed E-state index contributed by atoms with van der Waals surface area (Å²) in [6, 6.07) is 0. The summed E-state index contributed by atoms with van der Waals surface area (Å²) in [7, 11) is 1.51. The second-order valence-electron chi connectivity index (χ2n) is 3.08. The molecule has 0 aromatic rings. The Kier molecular flexibility index (Phi) is 8.54. The molecule has 1 atom stereocenters. The minimum atomic E-state index is -4.37. The lowest BCUT2D eigenvalue weighted by Gasteiger charge is -2.20. The zero-order valence-electron chi connectivity index (χ0n) is 9.26.